The molecule has 0 aliphatic heterocycles. The lowest BCUT2D eigenvalue weighted by atomic mass is 9.80. The Labute approximate surface area is 92.8 Å². The van der Waals surface area contributed by atoms with Gasteiger partial charge in [0.25, 0.3) is 0 Å². The van der Waals surface area contributed by atoms with Crippen molar-refractivity contribution in [2.24, 2.45) is 5.92 Å². The first-order valence-electron chi connectivity index (χ1n) is 5.42. The Bertz CT molecular complexity index is 310. The molecule has 1 rings (SSSR count). The normalized spacial score (nSPS) is 31.7. The molecule has 0 bridgehead atoms. The average molecular weight is 222 g/mol. The highest BCUT2D eigenvalue weighted by Gasteiger charge is 2.40. The van der Waals surface area contributed by atoms with E-state index >= 15 is 0 Å². The van der Waals surface area contributed by atoms with Crippen LogP contribution in [0.3, 0.4) is 0 Å². The number of nitriles is 2. The van der Waals surface area contributed by atoms with Crippen LogP contribution in [0.4, 0.5) is 0 Å². The van der Waals surface area contributed by atoms with Gasteiger partial charge in [-0.3, -0.25) is 0 Å². The zero-order chi connectivity index (χ0) is 11.5. The van der Waals surface area contributed by atoms with E-state index in [9.17, 15) is 5.26 Å². The molecule has 1 saturated carbocycles. The zero-order valence-corrected chi connectivity index (χ0v) is 10.7. The van der Waals surface area contributed by atoms with Crippen LogP contribution in [0.15, 0.2) is 0 Å². The molecule has 0 aromatic carbocycles. The van der Waals surface area contributed by atoms with Crippen molar-refractivity contribution in [2.75, 3.05) is 0 Å². The number of rotatable bonds is 2. The molecular formula is C11H18N2OSi. The van der Waals surface area contributed by atoms with E-state index in [4.69, 9.17) is 9.69 Å². The molecule has 0 aromatic rings. The van der Waals surface area contributed by atoms with Crippen LogP contribution in [-0.4, -0.2) is 13.9 Å². The molecule has 2 unspecified atom stereocenters. The lowest BCUT2D eigenvalue weighted by Gasteiger charge is -2.37. The molecule has 0 saturated heterocycles. The molecule has 0 aromatic heterocycles. The molecule has 2 atom stereocenters. The third-order valence-corrected chi connectivity index (χ3v) is 3.60. The van der Waals surface area contributed by atoms with Crippen LogP contribution in [-0.2, 0) is 4.43 Å². The van der Waals surface area contributed by atoms with E-state index in [1.165, 1.54) is 0 Å². The maximum Gasteiger partial charge on any atom is 0.185 e. The van der Waals surface area contributed by atoms with Gasteiger partial charge < -0.3 is 4.43 Å². The molecule has 4 heteroatoms. The van der Waals surface area contributed by atoms with Gasteiger partial charge in [-0.05, 0) is 38.9 Å². The summed E-state index contributed by atoms with van der Waals surface area (Å²) in [6.07, 6.45) is 3.21. The first-order valence-corrected chi connectivity index (χ1v) is 8.83. The molecule has 1 aliphatic rings. The van der Waals surface area contributed by atoms with Gasteiger partial charge in [-0.1, -0.05) is 0 Å². The smallest absolute Gasteiger partial charge is 0.185 e. The van der Waals surface area contributed by atoms with Crippen LogP contribution < -0.4 is 0 Å². The van der Waals surface area contributed by atoms with Crippen LogP contribution >= 0.6 is 0 Å². The van der Waals surface area contributed by atoms with Gasteiger partial charge in [0.2, 0.25) is 0 Å². The van der Waals surface area contributed by atoms with Gasteiger partial charge in [0.05, 0.1) is 18.1 Å². The van der Waals surface area contributed by atoms with Gasteiger partial charge in [0, 0.05) is 6.42 Å². The Balaban J connectivity index is 2.78. The van der Waals surface area contributed by atoms with Crippen LogP contribution in [0, 0.1) is 28.6 Å². The monoisotopic (exact) mass is 222 g/mol. The third kappa shape index (κ3) is 3.34. The van der Waals surface area contributed by atoms with E-state index in [1.807, 2.05) is 0 Å². The minimum Gasteiger partial charge on any atom is -0.400 e. The molecule has 0 amide bonds. The van der Waals surface area contributed by atoms with E-state index in [-0.39, 0.29) is 5.92 Å². The molecule has 3 nitrogen and oxygen atoms in total. The summed E-state index contributed by atoms with van der Waals surface area (Å²) in [6, 6.07) is 4.56. The van der Waals surface area contributed by atoms with E-state index in [0.717, 1.165) is 19.3 Å². The van der Waals surface area contributed by atoms with Crippen molar-refractivity contribution >= 4 is 8.32 Å². The second-order valence-corrected chi connectivity index (χ2v) is 9.67. The van der Waals surface area contributed by atoms with Crippen molar-refractivity contribution in [3.05, 3.63) is 0 Å². The average Bonchev–Trinajstić information content (AvgIpc) is 2.15. The molecule has 0 spiro atoms. The zero-order valence-electron chi connectivity index (χ0n) is 9.71. The number of hydrogen-bond acceptors (Lipinski definition) is 3. The number of nitrogens with zero attached hydrogens (tertiary/aromatic N) is 2. The van der Waals surface area contributed by atoms with Gasteiger partial charge >= 0.3 is 0 Å². The lowest BCUT2D eigenvalue weighted by Crippen LogP contribution is -2.44. The molecule has 15 heavy (non-hydrogen) atoms. The largest absolute Gasteiger partial charge is 0.400 e. The predicted molar refractivity (Wildman–Crippen MR) is 60.3 cm³/mol. The summed E-state index contributed by atoms with van der Waals surface area (Å²) in [7, 11) is -1.71. The summed E-state index contributed by atoms with van der Waals surface area (Å²) in [6.45, 7) is 6.26. The quantitative estimate of drug-likeness (QED) is 0.675. The summed E-state index contributed by atoms with van der Waals surface area (Å²) in [5.74, 6) is -0.00486. The van der Waals surface area contributed by atoms with Gasteiger partial charge in [-0.15, -0.1) is 0 Å². The third-order valence-electron chi connectivity index (χ3n) is 2.60. The fourth-order valence-corrected chi connectivity index (χ4v) is 3.55. The van der Waals surface area contributed by atoms with E-state index < -0.39 is 13.9 Å². The van der Waals surface area contributed by atoms with Crippen molar-refractivity contribution < 1.29 is 4.43 Å². The first-order chi connectivity index (χ1) is 6.91. The fourth-order valence-electron chi connectivity index (χ4n) is 2.15. The minimum absolute atomic E-state index is 0.00486. The highest BCUT2D eigenvalue weighted by molar-refractivity contribution is 6.69. The topological polar surface area (TPSA) is 56.8 Å². The van der Waals surface area contributed by atoms with Crippen LogP contribution in [0.1, 0.15) is 25.7 Å². The molecule has 1 aliphatic carbocycles. The highest BCUT2D eigenvalue weighted by Crippen LogP contribution is 2.36. The standard InChI is InChI=1S/C11H18N2OSi/c1-15(2,3)14-11(9-13)6-4-5-10(7-11)8-12/h10H,4-7H2,1-3H3. The molecule has 1 fully saturated rings. The Morgan fingerprint density at radius 3 is 2.47 bits per heavy atom. The fraction of sp³-hybridized carbons (Fsp3) is 0.818. The van der Waals surface area contributed by atoms with E-state index in [2.05, 4.69) is 31.8 Å². The Morgan fingerprint density at radius 2 is 2.00 bits per heavy atom. The minimum atomic E-state index is -1.71. The van der Waals surface area contributed by atoms with Crippen molar-refractivity contribution in [3.8, 4) is 12.1 Å². The molecule has 0 N–H and O–H groups in total. The van der Waals surface area contributed by atoms with E-state index in [0.29, 0.717) is 6.42 Å². The summed E-state index contributed by atoms with van der Waals surface area (Å²) in [4.78, 5) is 0. The summed E-state index contributed by atoms with van der Waals surface area (Å²) in [5, 5.41) is 18.2. The Hall–Kier alpha value is -0.843. The van der Waals surface area contributed by atoms with Crippen molar-refractivity contribution in [3.63, 3.8) is 0 Å². The summed E-state index contributed by atoms with van der Waals surface area (Å²) in [5.41, 5.74) is -0.677. The van der Waals surface area contributed by atoms with Gasteiger partial charge in [0.1, 0.15) is 5.60 Å². The van der Waals surface area contributed by atoms with Crippen LogP contribution in [0.25, 0.3) is 0 Å². The van der Waals surface area contributed by atoms with Gasteiger partial charge in [0.15, 0.2) is 8.32 Å². The first kappa shape index (κ1) is 12.2. The molecular weight excluding hydrogens is 204 g/mol. The lowest BCUT2D eigenvalue weighted by molar-refractivity contribution is 0.0636. The Kier molecular flexibility index (Phi) is 3.54. The van der Waals surface area contributed by atoms with E-state index in [1.54, 1.807) is 0 Å². The number of hydrogen-bond donors (Lipinski definition) is 0. The van der Waals surface area contributed by atoms with Crippen molar-refractivity contribution in [1.29, 1.82) is 10.5 Å². The predicted octanol–water partition coefficient (Wildman–Crippen LogP) is 2.81. The maximum absolute atomic E-state index is 9.26. The summed E-state index contributed by atoms with van der Waals surface area (Å²) < 4.78 is 5.97. The van der Waals surface area contributed by atoms with Gasteiger partial charge in [-0.25, -0.2) is 0 Å². The van der Waals surface area contributed by atoms with Crippen LogP contribution in [0.2, 0.25) is 19.6 Å². The highest BCUT2D eigenvalue weighted by atomic mass is 28.4. The van der Waals surface area contributed by atoms with Crippen molar-refractivity contribution in [2.45, 2.75) is 50.9 Å². The molecule has 0 radical (unpaired) electrons. The SMILES string of the molecule is C[Si](C)(C)OC1(C#N)CCCC(C#N)C1. The molecule has 0 heterocycles. The van der Waals surface area contributed by atoms with Crippen LogP contribution in [0.5, 0.6) is 0 Å². The Morgan fingerprint density at radius 1 is 1.33 bits per heavy atom. The van der Waals surface area contributed by atoms with Crippen molar-refractivity contribution in [1.82, 2.24) is 0 Å². The second kappa shape index (κ2) is 4.34. The summed E-state index contributed by atoms with van der Waals surface area (Å²) >= 11 is 0. The van der Waals surface area contributed by atoms with Gasteiger partial charge in [-0.2, -0.15) is 10.5 Å². The molecule has 82 valence electrons. The maximum atomic E-state index is 9.26. The second-order valence-electron chi connectivity index (χ2n) is 5.24.